The molecule has 1 spiro atoms. The predicted octanol–water partition coefficient (Wildman–Crippen LogP) is 6.54. The number of ether oxygens (including phenoxy) is 1. The van der Waals surface area contributed by atoms with Gasteiger partial charge in [0.25, 0.3) is 0 Å². The second-order valence-corrected chi connectivity index (χ2v) is 14.8. The van der Waals surface area contributed by atoms with Gasteiger partial charge in [0.15, 0.2) is 0 Å². The van der Waals surface area contributed by atoms with Gasteiger partial charge in [-0.15, -0.1) is 0 Å². The van der Waals surface area contributed by atoms with Gasteiger partial charge in [-0.25, -0.2) is 0 Å². The number of fused-ring (bicyclic) bond motifs is 4. The maximum absolute atomic E-state index is 13.6. The van der Waals surface area contributed by atoms with Crippen LogP contribution >= 0.6 is 0 Å². The highest BCUT2D eigenvalue weighted by Crippen LogP contribution is 2.79. The van der Waals surface area contributed by atoms with Crippen LogP contribution in [0.5, 0.6) is 0 Å². The molecule has 0 aromatic heterocycles. The largest absolute Gasteiger partial charge is 0.453 e. The van der Waals surface area contributed by atoms with Crippen molar-refractivity contribution in [3.8, 4) is 0 Å². The Kier molecular flexibility index (Phi) is 4.31. The van der Waals surface area contributed by atoms with Crippen molar-refractivity contribution in [2.24, 2.45) is 56.7 Å². The molecule has 1 N–H and O–H groups in total. The zero-order valence-corrected chi connectivity index (χ0v) is 22.0. The molecule has 3 nitrogen and oxygen atoms in total. The maximum atomic E-state index is 13.6. The number of rotatable bonds is 0. The van der Waals surface area contributed by atoms with Crippen molar-refractivity contribution in [1.29, 1.82) is 0 Å². The van der Waals surface area contributed by atoms with Crippen LogP contribution in [0.1, 0.15) is 99.8 Å². The van der Waals surface area contributed by atoms with E-state index in [0.717, 1.165) is 44.9 Å². The highest BCUT2D eigenvalue weighted by atomic mass is 16.6. The van der Waals surface area contributed by atoms with Gasteiger partial charge in [0.1, 0.15) is 5.60 Å². The van der Waals surface area contributed by atoms with Crippen molar-refractivity contribution in [1.82, 2.24) is 0 Å². The Morgan fingerprint density at radius 2 is 1.67 bits per heavy atom. The fourth-order valence-electron chi connectivity index (χ4n) is 11.4. The summed E-state index contributed by atoms with van der Waals surface area (Å²) in [6, 6.07) is 0. The predicted molar refractivity (Wildman–Crippen MR) is 130 cm³/mol. The molecular formula is C30H46O3. The van der Waals surface area contributed by atoms with Gasteiger partial charge in [0, 0.05) is 11.3 Å². The number of aliphatic hydroxyl groups excluding tert-OH is 1. The first-order chi connectivity index (χ1) is 15.3. The molecule has 0 unspecified atom stereocenters. The van der Waals surface area contributed by atoms with Crippen LogP contribution in [0, 0.1) is 56.7 Å². The van der Waals surface area contributed by atoms with Crippen LogP contribution in [0.15, 0.2) is 12.2 Å². The van der Waals surface area contributed by atoms with Gasteiger partial charge in [-0.1, -0.05) is 54.5 Å². The van der Waals surface area contributed by atoms with Crippen molar-refractivity contribution in [2.45, 2.75) is 112 Å². The molecule has 0 amide bonds. The Morgan fingerprint density at radius 3 is 2.39 bits per heavy atom. The van der Waals surface area contributed by atoms with Gasteiger partial charge >= 0.3 is 5.97 Å². The average Bonchev–Trinajstić information content (AvgIpc) is 2.95. The zero-order valence-electron chi connectivity index (χ0n) is 22.0. The summed E-state index contributed by atoms with van der Waals surface area (Å²) in [6.07, 6.45) is 13.4. The fraction of sp³-hybridized carbons (Fsp3) is 0.900. The van der Waals surface area contributed by atoms with Gasteiger partial charge in [-0.3, -0.25) is 4.79 Å². The van der Waals surface area contributed by atoms with E-state index in [2.05, 4.69) is 60.6 Å². The first-order valence-electron chi connectivity index (χ1n) is 13.9. The van der Waals surface area contributed by atoms with Gasteiger partial charge in [0.2, 0.25) is 0 Å². The molecular weight excluding hydrogens is 408 g/mol. The van der Waals surface area contributed by atoms with Crippen molar-refractivity contribution < 1.29 is 14.6 Å². The third-order valence-electron chi connectivity index (χ3n) is 13.8. The van der Waals surface area contributed by atoms with Crippen LogP contribution in [-0.4, -0.2) is 22.8 Å². The Balaban J connectivity index is 1.52. The minimum absolute atomic E-state index is 0.0424. The van der Waals surface area contributed by atoms with Crippen LogP contribution in [0.25, 0.3) is 0 Å². The summed E-state index contributed by atoms with van der Waals surface area (Å²) < 4.78 is 6.71. The Bertz CT molecular complexity index is 922. The first-order valence-corrected chi connectivity index (χ1v) is 13.9. The van der Waals surface area contributed by atoms with Crippen molar-refractivity contribution in [3.05, 3.63) is 12.2 Å². The Morgan fingerprint density at radius 1 is 0.939 bits per heavy atom. The molecule has 0 aromatic carbocycles. The summed E-state index contributed by atoms with van der Waals surface area (Å²) in [6.45, 7) is 17.0. The molecule has 6 rings (SSSR count). The third-order valence-corrected chi connectivity index (χ3v) is 13.8. The van der Waals surface area contributed by atoms with Crippen LogP contribution in [0.2, 0.25) is 0 Å². The molecule has 5 fully saturated rings. The molecule has 2 bridgehead atoms. The molecule has 5 aliphatic carbocycles. The molecule has 3 heteroatoms. The lowest BCUT2D eigenvalue weighted by molar-refractivity contribution is -0.245. The molecule has 4 saturated carbocycles. The average molecular weight is 455 g/mol. The highest BCUT2D eigenvalue weighted by molar-refractivity contribution is 5.82. The van der Waals surface area contributed by atoms with Crippen LogP contribution in [0.3, 0.4) is 0 Å². The number of hydrogen-bond acceptors (Lipinski definition) is 3. The second-order valence-electron chi connectivity index (χ2n) is 14.8. The van der Waals surface area contributed by atoms with Gasteiger partial charge in [0.05, 0.1) is 11.5 Å². The van der Waals surface area contributed by atoms with E-state index < -0.39 is 5.60 Å². The third kappa shape index (κ3) is 2.23. The second kappa shape index (κ2) is 6.29. The summed E-state index contributed by atoms with van der Waals surface area (Å²) >= 11 is 0. The number of esters is 1. The molecule has 33 heavy (non-hydrogen) atoms. The van der Waals surface area contributed by atoms with E-state index >= 15 is 0 Å². The number of allylic oxidation sites excluding steroid dienone is 1. The SMILES string of the molecule is C[C@H]1[C@H](C)CC[C@@]23CC[C@]4(C)[C@@](C=C[C@H]5[C@@]6(C)CC[C@H](O)C(C)(C)[C@@H]6CC[C@]54C)(OC2=O)[C@H]13. The van der Waals surface area contributed by atoms with E-state index in [-0.39, 0.29) is 39.1 Å². The smallest absolute Gasteiger partial charge is 0.313 e. The van der Waals surface area contributed by atoms with Crippen LogP contribution in [0.4, 0.5) is 0 Å². The van der Waals surface area contributed by atoms with Gasteiger partial charge < -0.3 is 9.84 Å². The number of carbonyl (C=O) groups is 1. The monoisotopic (exact) mass is 454 g/mol. The highest BCUT2D eigenvalue weighted by Gasteiger charge is 2.80. The summed E-state index contributed by atoms with van der Waals surface area (Å²) in [5.41, 5.74) is -0.514. The minimum Gasteiger partial charge on any atom is -0.453 e. The summed E-state index contributed by atoms with van der Waals surface area (Å²) in [5, 5.41) is 10.9. The summed E-state index contributed by atoms with van der Waals surface area (Å²) in [5.74, 6) is 2.56. The number of carbonyl (C=O) groups excluding carboxylic acids is 1. The quantitative estimate of drug-likeness (QED) is 0.334. The molecule has 0 radical (unpaired) electrons. The standard InChI is InChI=1S/C30H46O3/c1-18-8-14-29-17-16-28(7)27(6)13-9-20-25(3,4)22(31)11-12-26(20,5)21(27)10-15-30(28,33-24(29)32)23(29)19(18)2/h10,15,18-23,31H,8-9,11-14,16-17H2,1-7H3/t18-,19+,20+,21+,22+,23-,26+,27-,28+,29+,30+/m1/s1. The molecule has 6 aliphatic rings. The summed E-state index contributed by atoms with van der Waals surface area (Å²) in [4.78, 5) is 13.6. The number of hydrogen-bond donors (Lipinski definition) is 1. The van der Waals surface area contributed by atoms with E-state index in [0.29, 0.717) is 29.6 Å². The summed E-state index contributed by atoms with van der Waals surface area (Å²) in [7, 11) is 0. The van der Waals surface area contributed by atoms with E-state index in [9.17, 15) is 9.90 Å². The zero-order chi connectivity index (χ0) is 23.8. The normalized spacial score (nSPS) is 60.8. The van der Waals surface area contributed by atoms with Gasteiger partial charge in [-0.2, -0.15) is 0 Å². The van der Waals surface area contributed by atoms with Crippen molar-refractivity contribution in [3.63, 3.8) is 0 Å². The first kappa shape index (κ1) is 22.6. The fourth-order valence-corrected chi connectivity index (χ4v) is 11.4. The topological polar surface area (TPSA) is 46.5 Å². The Labute approximate surface area is 201 Å². The minimum atomic E-state index is -0.450. The number of aliphatic hydroxyl groups is 1. The van der Waals surface area contributed by atoms with E-state index in [1.54, 1.807) is 0 Å². The molecule has 184 valence electrons. The molecule has 0 aromatic rings. The molecule has 1 heterocycles. The molecule has 1 saturated heterocycles. The van der Waals surface area contributed by atoms with E-state index in [1.807, 2.05) is 0 Å². The maximum Gasteiger partial charge on any atom is 0.313 e. The van der Waals surface area contributed by atoms with Gasteiger partial charge in [-0.05, 0) is 97.4 Å². The lowest BCUT2D eigenvalue weighted by Gasteiger charge is -2.72. The van der Waals surface area contributed by atoms with Crippen LogP contribution < -0.4 is 0 Å². The molecule has 1 aliphatic heterocycles. The lowest BCUT2D eigenvalue weighted by atomic mass is 9.32. The van der Waals surface area contributed by atoms with Crippen molar-refractivity contribution in [2.75, 3.05) is 0 Å². The Hall–Kier alpha value is -0.830. The molecule has 11 atom stereocenters. The lowest BCUT2D eigenvalue weighted by Crippen LogP contribution is -2.71. The van der Waals surface area contributed by atoms with E-state index in [1.165, 1.54) is 6.42 Å². The van der Waals surface area contributed by atoms with Crippen LogP contribution in [-0.2, 0) is 9.53 Å². The van der Waals surface area contributed by atoms with Crippen molar-refractivity contribution >= 4 is 5.97 Å². The van der Waals surface area contributed by atoms with E-state index in [4.69, 9.17) is 4.74 Å².